The van der Waals surface area contributed by atoms with Crippen LogP contribution in [0.2, 0.25) is 0 Å². The summed E-state index contributed by atoms with van der Waals surface area (Å²) in [5, 5.41) is 3.18. The standard InChI is InChI=1S/C20H25NO2/c1-4-11-20(23-16-19-13-8-5-9-14-19)18(3)21-15-10-6-7-12-17(2)22/h4-6,8-11,13-14,21H,1,3,7,12,15-16H2,2H3/b10-6-,20-11+. The molecule has 0 atom stereocenters. The summed E-state index contributed by atoms with van der Waals surface area (Å²) in [6.07, 6.45) is 8.79. The quantitative estimate of drug-likeness (QED) is 0.376. The smallest absolute Gasteiger partial charge is 0.142 e. The highest BCUT2D eigenvalue weighted by Gasteiger charge is 2.03. The number of hydrogen-bond acceptors (Lipinski definition) is 3. The number of carbonyl (C=O) groups is 1. The van der Waals surface area contributed by atoms with Crippen molar-refractivity contribution in [3.63, 3.8) is 0 Å². The van der Waals surface area contributed by atoms with E-state index >= 15 is 0 Å². The molecule has 122 valence electrons. The minimum atomic E-state index is 0.206. The second kappa shape index (κ2) is 11.1. The second-order valence-corrected chi connectivity index (χ2v) is 5.11. The Labute approximate surface area is 139 Å². The van der Waals surface area contributed by atoms with Crippen LogP contribution in [0.3, 0.4) is 0 Å². The van der Waals surface area contributed by atoms with Crippen molar-refractivity contribution in [3.05, 3.63) is 84.8 Å². The third-order valence-corrected chi connectivity index (χ3v) is 3.07. The van der Waals surface area contributed by atoms with Crippen LogP contribution in [0.25, 0.3) is 0 Å². The monoisotopic (exact) mass is 311 g/mol. The summed E-state index contributed by atoms with van der Waals surface area (Å²) in [7, 11) is 0. The molecule has 1 N–H and O–H groups in total. The van der Waals surface area contributed by atoms with Crippen LogP contribution in [0.4, 0.5) is 0 Å². The van der Waals surface area contributed by atoms with Crippen molar-refractivity contribution < 1.29 is 9.53 Å². The average Bonchev–Trinajstić information content (AvgIpc) is 2.55. The highest BCUT2D eigenvalue weighted by molar-refractivity contribution is 5.75. The number of ether oxygens (including phenoxy) is 1. The van der Waals surface area contributed by atoms with Crippen LogP contribution in [0, 0.1) is 0 Å². The fourth-order valence-corrected chi connectivity index (χ4v) is 1.84. The number of ketones is 1. The summed E-state index contributed by atoms with van der Waals surface area (Å²) in [5.74, 6) is 0.874. The van der Waals surface area contributed by atoms with Crippen LogP contribution >= 0.6 is 0 Å². The lowest BCUT2D eigenvalue weighted by Gasteiger charge is -2.13. The molecule has 0 saturated carbocycles. The first-order chi connectivity index (χ1) is 11.1. The molecule has 0 aliphatic heterocycles. The number of rotatable bonds is 11. The summed E-state index contributed by atoms with van der Waals surface area (Å²) in [4.78, 5) is 10.8. The Bertz CT molecular complexity index is 571. The Balaban J connectivity index is 2.41. The van der Waals surface area contributed by atoms with Crippen LogP contribution < -0.4 is 5.32 Å². The Kier molecular flexibility index (Phi) is 8.91. The SMILES string of the molecule is C=C/C=C(/OCc1ccccc1)C(=C)NC/C=C\CCC(C)=O. The molecular formula is C20H25NO2. The molecule has 0 saturated heterocycles. The van der Waals surface area contributed by atoms with Gasteiger partial charge in [-0.1, -0.05) is 61.7 Å². The molecule has 0 heterocycles. The number of Topliss-reactive ketones (excluding diaryl/α,β-unsaturated/α-hetero) is 1. The first-order valence-corrected chi connectivity index (χ1v) is 7.70. The number of nitrogens with one attached hydrogen (secondary N) is 1. The van der Waals surface area contributed by atoms with Gasteiger partial charge in [0.05, 0.1) is 5.70 Å². The van der Waals surface area contributed by atoms with Crippen molar-refractivity contribution in [2.24, 2.45) is 0 Å². The van der Waals surface area contributed by atoms with Gasteiger partial charge in [-0.3, -0.25) is 0 Å². The van der Waals surface area contributed by atoms with Gasteiger partial charge in [-0.25, -0.2) is 0 Å². The van der Waals surface area contributed by atoms with Crippen molar-refractivity contribution in [1.82, 2.24) is 5.32 Å². The van der Waals surface area contributed by atoms with Crippen LogP contribution in [0.1, 0.15) is 25.3 Å². The number of hydrogen-bond donors (Lipinski definition) is 1. The maximum absolute atomic E-state index is 10.8. The Morgan fingerprint density at radius 3 is 2.65 bits per heavy atom. The van der Waals surface area contributed by atoms with E-state index in [1.807, 2.05) is 42.5 Å². The highest BCUT2D eigenvalue weighted by atomic mass is 16.5. The van der Waals surface area contributed by atoms with E-state index in [4.69, 9.17) is 4.74 Å². The van der Waals surface area contributed by atoms with Crippen molar-refractivity contribution in [1.29, 1.82) is 0 Å². The molecule has 0 aliphatic carbocycles. The lowest BCUT2D eigenvalue weighted by molar-refractivity contribution is -0.116. The van der Waals surface area contributed by atoms with Crippen molar-refractivity contribution >= 4 is 5.78 Å². The summed E-state index contributed by atoms with van der Waals surface area (Å²) in [6.45, 7) is 10.4. The van der Waals surface area contributed by atoms with Crippen LogP contribution in [-0.4, -0.2) is 12.3 Å². The van der Waals surface area contributed by atoms with Gasteiger partial charge in [-0.15, -0.1) is 0 Å². The lowest BCUT2D eigenvalue weighted by atomic mass is 10.2. The first kappa shape index (κ1) is 18.5. The topological polar surface area (TPSA) is 38.3 Å². The zero-order chi connectivity index (χ0) is 16.9. The van der Waals surface area contributed by atoms with E-state index in [2.05, 4.69) is 18.5 Å². The first-order valence-electron chi connectivity index (χ1n) is 7.70. The van der Waals surface area contributed by atoms with Crippen LogP contribution in [0.5, 0.6) is 0 Å². The summed E-state index contributed by atoms with van der Waals surface area (Å²) in [5.41, 5.74) is 1.80. The zero-order valence-corrected chi connectivity index (χ0v) is 13.8. The second-order valence-electron chi connectivity index (χ2n) is 5.11. The average molecular weight is 311 g/mol. The lowest BCUT2D eigenvalue weighted by Crippen LogP contribution is -2.15. The fraction of sp³-hybridized carbons (Fsp3) is 0.250. The van der Waals surface area contributed by atoms with Crippen molar-refractivity contribution in [2.75, 3.05) is 6.54 Å². The van der Waals surface area contributed by atoms with E-state index < -0.39 is 0 Å². The Morgan fingerprint density at radius 1 is 1.26 bits per heavy atom. The summed E-state index contributed by atoms with van der Waals surface area (Å²) < 4.78 is 5.80. The molecule has 3 heteroatoms. The minimum Gasteiger partial charge on any atom is -0.487 e. The van der Waals surface area contributed by atoms with Gasteiger partial charge < -0.3 is 14.8 Å². The zero-order valence-electron chi connectivity index (χ0n) is 13.8. The van der Waals surface area contributed by atoms with Crippen molar-refractivity contribution in [3.8, 4) is 0 Å². The van der Waals surface area contributed by atoms with Gasteiger partial charge in [-0.05, 0) is 25.0 Å². The van der Waals surface area contributed by atoms with Crippen LogP contribution in [-0.2, 0) is 16.1 Å². The molecule has 1 aromatic carbocycles. The molecule has 0 spiro atoms. The van der Waals surface area contributed by atoms with Crippen LogP contribution in [0.15, 0.2) is 79.2 Å². The number of allylic oxidation sites excluding steroid dienone is 3. The Morgan fingerprint density at radius 2 is 2.00 bits per heavy atom. The van der Waals surface area contributed by atoms with Gasteiger partial charge in [0.25, 0.3) is 0 Å². The molecule has 0 fully saturated rings. The van der Waals surface area contributed by atoms with E-state index in [0.29, 0.717) is 31.0 Å². The molecule has 0 amide bonds. The minimum absolute atomic E-state index is 0.206. The summed E-state index contributed by atoms with van der Waals surface area (Å²) >= 11 is 0. The van der Waals surface area contributed by atoms with Crippen molar-refractivity contribution in [2.45, 2.75) is 26.4 Å². The van der Waals surface area contributed by atoms with E-state index in [9.17, 15) is 4.79 Å². The molecule has 1 rings (SSSR count). The summed E-state index contributed by atoms with van der Waals surface area (Å²) in [6, 6.07) is 9.96. The number of benzene rings is 1. The highest BCUT2D eigenvalue weighted by Crippen LogP contribution is 2.11. The molecule has 1 aromatic rings. The molecule has 0 bridgehead atoms. The maximum atomic E-state index is 10.8. The molecule has 23 heavy (non-hydrogen) atoms. The van der Waals surface area contributed by atoms with E-state index in [-0.39, 0.29) is 5.78 Å². The van der Waals surface area contributed by atoms with Gasteiger partial charge in [0.2, 0.25) is 0 Å². The largest absolute Gasteiger partial charge is 0.487 e. The van der Waals surface area contributed by atoms with E-state index in [1.165, 1.54) is 0 Å². The Hall–Kier alpha value is -2.55. The predicted octanol–water partition coefficient (Wildman–Crippen LogP) is 4.30. The normalized spacial score (nSPS) is 11.3. The third-order valence-electron chi connectivity index (χ3n) is 3.07. The molecule has 0 aliphatic rings. The van der Waals surface area contributed by atoms with Gasteiger partial charge in [-0.2, -0.15) is 0 Å². The maximum Gasteiger partial charge on any atom is 0.142 e. The predicted molar refractivity (Wildman–Crippen MR) is 95.7 cm³/mol. The number of carbonyl (C=O) groups excluding carboxylic acids is 1. The van der Waals surface area contributed by atoms with Gasteiger partial charge in [0, 0.05) is 13.0 Å². The molecule has 0 aromatic heterocycles. The third kappa shape index (κ3) is 8.47. The molecule has 0 unspecified atom stereocenters. The molecule has 3 nitrogen and oxygen atoms in total. The fourth-order valence-electron chi connectivity index (χ4n) is 1.84. The van der Waals surface area contributed by atoms with Gasteiger partial charge >= 0.3 is 0 Å². The van der Waals surface area contributed by atoms with E-state index in [0.717, 1.165) is 12.0 Å². The van der Waals surface area contributed by atoms with Gasteiger partial charge in [0.15, 0.2) is 0 Å². The van der Waals surface area contributed by atoms with Gasteiger partial charge in [0.1, 0.15) is 18.1 Å². The molecule has 0 radical (unpaired) electrons. The van der Waals surface area contributed by atoms with E-state index in [1.54, 1.807) is 19.1 Å². The molecular weight excluding hydrogens is 286 g/mol.